The largest absolute Gasteiger partial charge is 0.360 e. The SMILES string of the molecule is O=CC(=O)c1c[nH]c2c(C=O)ccc(F)c12. The van der Waals surface area contributed by atoms with Crippen LogP contribution in [-0.4, -0.2) is 23.3 Å². The molecule has 4 nitrogen and oxygen atoms in total. The summed E-state index contributed by atoms with van der Waals surface area (Å²) >= 11 is 0. The molecule has 0 aliphatic heterocycles. The molecule has 2 aromatic rings. The molecule has 0 spiro atoms. The van der Waals surface area contributed by atoms with Gasteiger partial charge in [0.15, 0.2) is 12.6 Å². The number of aromatic nitrogens is 1. The summed E-state index contributed by atoms with van der Waals surface area (Å²) in [5, 5.41) is -0.0262. The Morgan fingerprint density at radius 1 is 1.31 bits per heavy atom. The molecule has 2 rings (SSSR count). The van der Waals surface area contributed by atoms with Crippen LogP contribution in [0, 0.1) is 5.82 Å². The normalized spacial score (nSPS) is 10.3. The average molecular weight is 219 g/mol. The fourth-order valence-corrected chi connectivity index (χ4v) is 1.58. The molecule has 80 valence electrons. The molecular formula is C11H6FNO3. The van der Waals surface area contributed by atoms with Crippen molar-refractivity contribution in [3.05, 3.63) is 35.3 Å². The number of carbonyl (C=O) groups excluding carboxylic acids is 3. The number of rotatable bonds is 3. The number of hydrogen-bond acceptors (Lipinski definition) is 3. The van der Waals surface area contributed by atoms with Crippen LogP contribution in [0.2, 0.25) is 0 Å². The minimum atomic E-state index is -0.826. The van der Waals surface area contributed by atoms with Gasteiger partial charge in [-0.1, -0.05) is 0 Å². The van der Waals surface area contributed by atoms with Crippen LogP contribution < -0.4 is 0 Å². The summed E-state index contributed by atoms with van der Waals surface area (Å²) < 4.78 is 13.5. The van der Waals surface area contributed by atoms with E-state index >= 15 is 0 Å². The van der Waals surface area contributed by atoms with E-state index in [1.54, 1.807) is 0 Å². The summed E-state index contributed by atoms with van der Waals surface area (Å²) in [5.41, 5.74) is 0.396. The molecule has 1 heterocycles. The molecule has 0 radical (unpaired) electrons. The van der Waals surface area contributed by atoms with Crippen LogP contribution in [0.25, 0.3) is 10.9 Å². The van der Waals surface area contributed by atoms with Crippen LogP contribution in [0.3, 0.4) is 0 Å². The highest BCUT2D eigenvalue weighted by molar-refractivity contribution is 6.36. The van der Waals surface area contributed by atoms with E-state index < -0.39 is 11.6 Å². The maximum Gasteiger partial charge on any atom is 0.227 e. The van der Waals surface area contributed by atoms with E-state index in [2.05, 4.69) is 4.98 Å². The van der Waals surface area contributed by atoms with E-state index in [0.29, 0.717) is 6.29 Å². The van der Waals surface area contributed by atoms with Gasteiger partial charge in [-0.2, -0.15) is 0 Å². The van der Waals surface area contributed by atoms with Crippen molar-refractivity contribution in [2.75, 3.05) is 0 Å². The molecule has 0 bridgehead atoms. The summed E-state index contributed by atoms with van der Waals surface area (Å²) in [6, 6.07) is 2.39. The van der Waals surface area contributed by atoms with Crippen molar-refractivity contribution in [2.45, 2.75) is 0 Å². The van der Waals surface area contributed by atoms with Gasteiger partial charge in [-0.3, -0.25) is 14.4 Å². The fraction of sp³-hybridized carbons (Fsp3) is 0. The Hall–Kier alpha value is -2.30. The second-order valence-corrected chi connectivity index (χ2v) is 3.19. The first kappa shape index (κ1) is 10.2. The van der Waals surface area contributed by atoms with E-state index in [1.807, 2.05) is 0 Å². The van der Waals surface area contributed by atoms with Crippen molar-refractivity contribution in [2.24, 2.45) is 0 Å². The minimum Gasteiger partial charge on any atom is -0.360 e. The molecule has 0 fully saturated rings. The molecule has 1 aromatic heterocycles. The molecule has 0 aliphatic rings. The number of H-pyrrole nitrogens is 1. The number of halogens is 1. The molecule has 0 amide bonds. The first-order valence-corrected chi connectivity index (χ1v) is 4.43. The molecule has 1 aromatic carbocycles. The van der Waals surface area contributed by atoms with Crippen LogP contribution in [0.5, 0.6) is 0 Å². The third-order valence-electron chi connectivity index (χ3n) is 2.32. The fourth-order valence-electron chi connectivity index (χ4n) is 1.58. The Balaban J connectivity index is 2.85. The number of ketones is 1. The van der Waals surface area contributed by atoms with Crippen molar-refractivity contribution < 1.29 is 18.8 Å². The molecule has 16 heavy (non-hydrogen) atoms. The van der Waals surface area contributed by atoms with Gasteiger partial charge in [0.1, 0.15) is 5.82 Å². The summed E-state index contributed by atoms with van der Waals surface area (Å²) in [4.78, 5) is 34.9. The third kappa shape index (κ3) is 1.33. The van der Waals surface area contributed by atoms with Gasteiger partial charge in [0.2, 0.25) is 5.78 Å². The standard InChI is InChI=1S/C11H6FNO3/c12-8-2-1-6(4-14)11-10(8)7(3-13-11)9(16)5-15/h1-5,13H. The highest BCUT2D eigenvalue weighted by Crippen LogP contribution is 2.24. The lowest BCUT2D eigenvalue weighted by molar-refractivity contribution is -0.104. The quantitative estimate of drug-likeness (QED) is 0.483. The van der Waals surface area contributed by atoms with Crippen LogP contribution in [0.1, 0.15) is 20.7 Å². The number of aromatic amines is 1. The Morgan fingerprint density at radius 3 is 2.69 bits per heavy atom. The van der Waals surface area contributed by atoms with Crippen molar-refractivity contribution in [1.29, 1.82) is 0 Å². The number of carbonyl (C=O) groups is 3. The second kappa shape index (κ2) is 3.69. The van der Waals surface area contributed by atoms with Crippen molar-refractivity contribution in [1.82, 2.24) is 4.98 Å². The van der Waals surface area contributed by atoms with Gasteiger partial charge in [0, 0.05) is 17.1 Å². The van der Waals surface area contributed by atoms with Crippen LogP contribution >= 0.6 is 0 Å². The lowest BCUT2D eigenvalue weighted by Crippen LogP contribution is -1.99. The summed E-state index contributed by atoms with van der Waals surface area (Å²) in [6.07, 6.45) is 1.88. The number of benzene rings is 1. The smallest absolute Gasteiger partial charge is 0.227 e. The van der Waals surface area contributed by atoms with Gasteiger partial charge in [-0.25, -0.2) is 4.39 Å². The first-order chi connectivity index (χ1) is 7.69. The zero-order valence-electron chi connectivity index (χ0n) is 7.99. The number of fused-ring (bicyclic) bond motifs is 1. The van der Waals surface area contributed by atoms with Gasteiger partial charge >= 0.3 is 0 Å². The highest BCUT2D eigenvalue weighted by Gasteiger charge is 2.16. The van der Waals surface area contributed by atoms with E-state index in [0.717, 1.165) is 6.07 Å². The van der Waals surface area contributed by atoms with Crippen LogP contribution in [0.15, 0.2) is 18.3 Å². The van der Waals surface area contributed by atoms with Crippen molar-refractivity contribution >= 4 is 29.3 Å². The predicted octanol–water partition coefficient (Wildman–Crippen LogP) is 1.50. The molecular weight excluding hydrogens is 213 g/mol. The number of hydrogen-bond donors (Lipinski definition) is 1. The maximum atomic E-state index is 13.5. The average Bonchev–Trinajstić information content (AvgIpc) is 2.74. The molecule has 0 aliphatic carbocycles. The molecule has 1 N–H and O–H groups in total. The monoisotopic (exact) mass is 219 g/mol. The Kier molecular flexibility index (Phi) is 2.36. The van der Waals surface area contributed by atoms with Gasteiger partial charge in [-0.15, -0.1) is 0 Å². The molecule has 0 saturated carbocycles. The van der Waals surface area contributed by atoms with Gasteiger partial charge in [-0.05, 0) is 12.1 Å². The van der Waals surface area contributed by atoms with Gasteiger partial charge < -0.3 is 4.98 Å². The second-order valence-electron chi connectivity index (χ2n) is 3.19. The Labute approximate surface area is 89.1 Å². The highest BCUT2D eigenvalue weighted by atomic mass is 19.1. The predicted molar refractivity (Wildman–Crippen MR) is 54.0 cm³/mol. The zero-order chi connectivity index (χ0) is 11.7. The van der Waals surface area contributed by atoms with Crippen LogP contribution in [-0.2, 0) is 4.79 Å². The van der Waals surface area contributed by atoms with E-state index in [1.165, 1.54) is 12.3 Å². The van der Waals surface area contributed by atoms with E-state index in [-0.39, 0.29) is 28.3 Å². The number of Topliss-reactive ketones (excluding diaryl/α,β-unsaturated/α-hetero) is 1. The number of aldehydes is 2. The Bertz CT molecular complexity index is 601. The Morgan fingerprint density at radius 2 is 2.06 bits per heavy atom. The topological polar surface area (TPSA) is 67.0 Å². The molecule has 0 saturated heterocycles. The molecule has 0 atom stereocenters. The van der Waals surface area contributed by atoms with Gasteiger partial charge in [0.25, 0.3) is 0 Å². The van der Waals surface area contributed by atoms with Gasteiger partial charge in [0.05, 0.1) is 11.1 Å². The van der Waals surface area contributed by atoms with E-state index in [9.17, 15) is 18.8 Å². The van der Waals surface area contributed by atoms with E-state index in [4.69, 9.17) is 0 Å². The lowest BCUT2D eigenvalue weighted by Gasteiger charge is -1.97. The minimum absolute atomic E-state index is 0.0262. The molecule has 5 heteroatoms. The first-order valence-electron chi connectivity index (χ1n) is 4.43. The summed E-state index contributed by atoms with van der Waals surface area (Å²) in [5.74, 6) is -1.47. The van der Waals surface area contributed by atoms with Crippen molar-refractivity contribution in [3.63, 3.8) is 0 Å². The number of nitrogens with one attached hydrogen (secondary N) is 1. The third-order valence-corrected chi connectivity index (χ3v) is 2.32. The summed E-state index contributed by atoms with van der Waals surface area (Å²) in [7, 11) is 0. The molecule has 0 unspecified atom stereocenters. The zero-order valence-corrected chi connectivity index (χ0v) is 7.99. The van der Waals surface area contributed by atoms with Crippen molar-refractivity contribution in [3.8, 4) is 0 Å². The summed E-state index contributed by atoms with van der Waals surface area (Å²) in [6.45, 7) is 0. The lowest BCUT2D eigenvalue weighted by atomic mass is 10.1. The maximum absolute atomic E-state index is 13.5. The van der Waals surface area contributed by atoms with Crippen LogP contribution in [0.4, 0.5) is 4.39 Å².